The third kappa shape index (κ3) is 5.35. The maximum Gasteiger partial charge on any atom is 0.266 e. The predicted octanol–water partition coefficient (Wildman–Crippen LogP) is 7.27. The van der Waals surface area contributed by atoms with Crippen LogP contribution < -0.4 is 10.1 Å². The number of nitrogens with zero attached hydrogens (tertiary/aromatic N) is 1. The second-order valence-corrected chi connectivity index (χ2v) is 8.07. The van der Waals surface area contributed by atoms with Crippen molar-refractivity contribution < 1.29 is 9.53 Å². The SMILES string of the molecule is N#C/C(=C\c1cc(Cl)cc(Cl)c1OCc1ccccc1)C(=O)Nc1cccc2ccccc12. The number of carbonyl (C=O) groups is 1. The molecule has 0 aliphatic rings. The molecule has 0 saturated carbocycles. The minimum Gasteiger partial charge on any atom is -0.487 e. The molecule has 0 saturated heterocycles. The highest BCUT2D eigenvalue weighted by Crippen LogP contribution is 2.35. The molecule has 0 aliphatic carbocycles. The van der Waals surface area contributed by atoms with Gasteiger partial charge in [-0.15, -0.1) is 0 Å². The normalized spacial score (nSPS) is 11.1. The lowest BCUT2D eigenvalue weighted by molar-refractivity contribution is -0.112. The van der Waals surface area contributed by atoms with Crippen LogP contribution in [0.3, 0.4) is 0 Å². The van der Waals surface area contributed by atoms with Gasteiger partial charge in [0.1, 0.15) is 24.0 Å². The van der Waals surface area contributed by atoms with Crippen molar-refractivity contribution >= 4 is 51.6 Å². The van der Waals surface area contributed by atoms with Crippen LogP contribution in [-0.2, 0) is 11.4 Å². The Balaban J connectivity index is 1.64. The molecule has 33 heavy (non-hydrogen) atoms. The number of anilines is 1. The molecular formula is C27H18Cl2N2O2. The summed E-state index contributed by atoms with van der Waals surface area (Å²) in [5.41, 5.74) is 1.90. The Morgan fingerprint density at radius 2 is 1.70 bits per heavy atom. The van der Waals surface area contributed by atoms with Crippen molar-refractivity contribution in [1.82, 2.24) is 0 Å². The zero-order valence-electron chi connectivity index (χ0n) is 17.4. The molecule has 0 unspecified atom stereocenters. The lowest BCUT2D eigenvalue weighted by Crippen LogP contribution is -2.13. The molecule has 0 aliphatic heterocycles. The number of hydrogen-bond donors (Lipinski definition) is 1. The highest BCUT2D eigenvalue weighted by Gasteiger charge is 2.15. The Morgan fingerprint density at radius 3 is 2.48 bits per heavy atom. The molecule has 4 aromatic rings. The monoisotopic (exact) mass is 472 g/mol. The summed E-state index contributed by atoms with van der Waals surface area (Å²) in [4.78, 5) is 12.9. The molecule has 162 valence electrons. The second-order valence-electron chi connectivity index (χ2n) is 7.23. The summed E-state index contributed by atoms with van der Waals surface area (Å²) < 4.78 is 5.93. The summed E-state index contributed by atoms with van der Waals surface area (Å²) in [5.74, 6) is -0.199. The summed E-state index contributed by atoms with van der Waals surface area (Å²) in [5, 5.41) is 15.0. The van der Waals surface area contributed by atoms with Crippen molar-refractivity contribution in [3.63, 3.8) is 0 Å². The highest BCUT2D eigenvalue weighted by atomic mass is 35.5. The van der Waals surface area contributed by atoms with Crippen LogP contribution in [0.15, 0.2) is 90.5 Å². The first-order valence-corrected chi connectivity index (χ1v) is 10.9. The van der Waals surface area contributed by atoms with Crippen LogP contribution in [-0.4, -0.2) is 5.91 Å². The van der Waals surface area contributed by atoms with Gasteiger partial charge in [-0.05, 0) is 35.2 Å². The maximum absolute atomic E-state index is 12.9. The molecule has 1 N–H and O–H groups in total. The lowest BCUT2D eigenvalue weighted by Gasteiger charge is -2.13. The standard InChI is InChI=1S/C27H18Cl2N2O2/c28-22-14-20(26(24(29)15-22)33-17-18-7-2-1-3-8-18)13-21(16-30)27(32)31-25-12-6-10-19-9-4-5-11-23(19)25/h1-15H,17H2,(H,31,32)/b21-13+. The van der Waals surface area contributed by atoms with E-state index < -0.39 is 5.91 Å². The lowest BCUT2D eigenvalue weighted by atomic mass is 10.1. The number of fused-ring (bicyclic) bond motifs is 1. The molecule has 0 atom stereocenters. The van der Waals surface area contributed by atoms with Gasteiger partial charge < -0.3 is 10.1 Å². The topological polar surface area (TPSA) is 62.1 Å². The number of nitrogens with one attached hydrogen (secondary N) is 1. The van der Waals surface area contributed by atoms with E-state index in [1.807, 2.05) is 72.8 Å². The van der Waals surface area contributed by atoms with Gasteiger partial charge in [-0.1, -0.05) is 89.9 Å². The van der Waals surface area contributed by atoms with E-state index in [0.717, 1.165) is 16.3 Å². The molecule has 4 rings (SSSR count). The number of nitriles is 1. The smallest absolute Gasteiger partial charge is 0.266 e. The summed E-state index contributed by atoms with van der Waals surface area (Å²) in [7, 11) is 0. The van der Waals surface area contributed by atoms with Crippen molar-refractivity contribution in [2.75, 3.05) is 5.32 Å². The zero-order valence-corrected chi connectivity index (χ0v) is 18.9. The average Bonchev–Trinajstić information content (AvgIpc) is 2.82. The van der Waals surface area contributed by atoms with E-state index in [-0.39, 0.29) is 17.2 Å². The Kier molecular flexibility index (Phi) is 6.95. The van der Waals surface area contributed by atoms with Gasteiger partial charge in [0.25, 0.3) is 5.91 Å². The van der Waals surface area contributed by atoms with Crippen molar-refractivity contribution in [2.24, 2.45) is 0 Å². The van der Waals surface area contributed by atoms with Gasteiger partial charge in [-0.25, -0.2) is 0 Å². The second kappa shape index (κ2) is 10.2. The van der Waals surface area contributed by atoms with E-state index in [9.17, 15) is 10.1 Å². The number of ether oxygens (including phenoxy) is 1. The van der Waals surface area contributed by atoms with E-state index in [1.165, 1.54) is 6.08 Å². The van der Waals surface area contributed by atoms with Crippen LogP contribution in [0.2, 0.25) is 10.0 Å². The molecule has 1 amide bonds. The van der Waals surface area contributed by atoms with E-state index in [4.69, 9.17) is 27.9 Å². The highest BCUT2D eigenvalue weighted by molar-refractivity contribution is 6.36. The van der Waals surface area contributed by atoms with Gasteiger partial charge in [0.05, 0.1) is 5.02 Å². The van der Waals surface area contributed by atoms with Crippen LogP contribution in [0.5, 0.6) is 5.75 Å². The Bertz CT molecular complexity index is 1390. The first-order valence-electron chi connectivity index (χ1n) is 10.1. The summed E-state index contributed by atoms with van der Waals surface area (Å²) in [6.07, 6.45) is 1.43. The third-order valence-corrected chi connectivity index (χ3v) is 5.46. The van der Waals surface area contributed by atoms with E-state index in [2.05, 4.69) is 5.32 Å². The summed E-state index contributed by atoms with van der Waals surface area (Å²) in [6, 6.07) is 28.0. The Hall–Kier alpha value is -3.78. The molecule has 4 nitrogen and oxygen atoms in total. The van der Waals surface area contributed by atoms with Crippen molar-refractivity contribution in [2.45, 2.75) is 6.61 Å². The molecule has 0 radical (unpaired) electrons. The van der Waals surface area contributed by atoms with Gasteiger partial charge in [-0.3, -0.25) is 4.79 Å². The summed E-state index contributed by atoms with van der Waals surface area (Å²) >= 11 is 12.6. The number of halogens is 2. The fourth-order valence-electron chi connectivity index (χ4n) is 3.40. The van der Waals surface area contributed by atoms with Crippen molar-refractivity contribution in [3.8, 4) is 11.8 Å². The molecule has 0 bridgehead atoms. The molecule has 0 spiro atoms. The molecule has 0 fully saturated rings. The number of carbonyl (C=O) groups excluding carboxylic acids is 1. The molecular weight excluding hydrogens is 455 g/mol. The fraction of sp³-hybridized carbons (Fsp3) is 0.0370. The minimum atomic E-state index is -0.543. The van der Waals surface area contributed by atoms with Gasteiger partial charge in [0.2, 0.25) is 0 Å². The van der Waals surface area contributed by atoms with Crippen molar-refractivity contribution in [1.29, 1.82) is 5.26 Å². The number of benzene rings is 4. The largest absolute Gasteiger partial charge is 0.487 e. The summed E-state index contributed by atoms with van der Waals surface area (Å²) in [6.45, 7) is 0.271. The number of hydrogen-bond acceptors (Lipinski definition) is 3. The third-order valence-electron chi connectivity index (χ3n) is 4.97. The predicted molar refractivity (Wildman–Crippen MR) is 133 cm³/mol. The van der Waals surface area contributed by atoms with Crippen LogP contribution in [0.25, 0.3) is 16.8 Å². The molecule has 6 heteroatoms. The van der Waals surface area contributed by atoms with E-state index in [1.54, 1.807) is 18.2 Å². The number of rotatable bonds is 6. The molecule has 0 aromatic heterocycles. The minimum absolute atomic E-state index is 0.106. The first kappa shape index (κ1) is 22.4. The van der Waals surface area contributed by atoms with Gasteiger partial charge in [0.15, 0.2) is 0 Å². The number of amides is 1. The average molecular weight is 473 g/mol. The van der Waals surface area contributed by atoms with E-state index in [0.29, 0.717) is 22.0 Å². The first-order chi connectivity index (χ1) is 16.0. The van der Waals surface area contributed by atoms with Crippen LogP contribution >= 0.6 is 23.2 Å². The van der Waals surface area contributed by atoms with Gasteiger partial charge in [-0.2, -0.15) is 5.26 Å². The van der Waals surface area contributed by atoms with Crippen LogP contribution in [0.1, 0.15) is 11.1 Å². The van der Waals surface area contributed by atoms with Crippen LogP contribution in [0, 0.1) is 11.3 Å². The quantitative estimate of drug-likeness (QED) is 0.237. The van der Waals surface area contributed by atoms with Crippen LogP contribution in [0.4, 0.5) is 5.69 Å². The fourth-order valence-corrected chi connectivity index (χ4v) is 3.96. The Labute approximate surface area is 201 Å². The maximum atomic E-state index is 12.9. The van der Waals surface area contributed by atoms with Gasteiger partial charge in [0, 0.05) is 21.7 Å². The van der Waals surface area contributed by atoms with Gasteiger partial charge >= 0.3 is 0 Å². The Morgan fingerprint density at radius 1 is 0.970 bits per heavy atom. The van der Waals surface area contributed by atoms with E-state index >= 15 is 0 Å². The molecule has 4 aromatic carbocycles. The molecule has 0 heterocycles. The van der Waals surface area contributed by atoms with Crippen molar-refractivity contribution in [3.05, 3.63) is 112 Å². The zero-order chi connectivity index (χ0) is 23.2.